The van der Waals surface area contributed by atoms with Crippen molar-refractivity contribution < 1.29 is 17.9 Å². The van der Waals surface area contributed by atoms with Crippen LogP contribution in [0, 0.1) is 6.92 Å². The van der Waals surface area contributed by atoms with Crippen molar-refractivity contribution in [2.45, 2.75) is 18.4 Å². The molecule has 150 valence electrons. The zero-order valence-corrected chi connectivity index (χ0v) is 17.0. The standard InChI is InChI=1S/C22H22N2O4S/c1-17-8-10-18(11-9-17)16-28-22-14-19(12-13-21(22)27-2)15-23-24-29(25,26)20-6-4-3-5-7-20/h3-15,24H,16H2,1-2H3/b23-15+. The first-order valence-electron chi connectivity index (χ1n) is 8.94. The summed E-state index contributed by atoms with van der Waals surface area (Å²) in [4.78, 5) is 2.35. The molecule has 0 spiro atoms. The normalized spacial score (nSPS) is 11.4. The Morgan fingerprint density at radius 2 is 1.69 bits per heavy atom. The second-order valence-electron chi connectivity index (χ2n) is 6.35. The molecule has 0 aliphatic carbocycles. The van der Waals surface area contributed by atoms with Crippen molar-refractivity contribution in [2.75, 3.05) is 7.11 Å². The number of hydrogen-bond acceptors (Lipinski definition) is 5. The third-order valence-corrected chi connectivity index (χ3v) is 5.38. The average molecular weight is 410 g/mol. The highest BCUT2D eigenvalue weighted by atomic mass is 32.2. The fraction of sp³-hybridized carbons (Fsp3) is 0.136. The Morgan fingerprint density at radius 1 is 0.966 bits per heavy atom. The van der Waals surface area contributed by atoms with Gasteiger partial charge in [0.15, 0.2) is 11.5 Å². The van der Waals surface area contributed by atoms with Crippen molar-refractivity contribution in [3.8, 4) is 11.5 Å². The Morgan fingerprint density at radius 3 is 2.38 bits per heavy atom. The van der Waals surface area contributed by atoms with E-state index in [1.54, 1.807) is 43.5 Å². The predicted octanol–water partition coefficient (Wildman–Crippen LogP) is 3.90. The van der Waals surface area contributed by atoms with E-state index >= 15 is 0 Å². The fourth-order valence-corrected chi connectivity index (χ4v) is 3.37. The fourth-order valence-electron chi connectivity index (χ4n) is 2.55. The minimum Gasteiger partial charge on any atom is -0.493 e. The molecule has 7 heteroatoms. The molecule has 0 radical (unpaired) electrons. The smallest absolute Gasteiger partial charge is 0.276 e. The molecule has 0 unspecified atom stereocenters. The highest BCUT2D eigenvalue weighted by Gasteiger charge is 2.11. The molecule has 3 aromatic rings. The van der Waals surface area contributed by atoms with Gasteiger partial charge in [-0.1, -0.05) is 48.0 Å². The first kappa shape index (κ1) is 20.4. The van der Waals surface area contributed by atoms with E-state index in [-0.39, 0.29) is 4.90 Å². The van der Waals surface area contributed by atoms with E-state index in [1.807, 2.05) is 31.2 Å². The number of methoxy groups -OCH3 is 1. The van der Waals surface area contributed by atoms with Crippen LogP contribution >= 0.6 is 0 Å². The van der Waals surface area contributed by atoms with Gasteiger partial charge in [-0.25, -0.2) is 4.83 Å². The van der Waals surface area contributed by atoms with Crippen LogP contribution in [0.25, 0.3) is 0 Å². The van der Waals surface area contributed by atoms with E-state index < -0.39 is 10.0 Å². The number of benzene rings is 3. The first-order chi connectivity index (χ1) is 14.0. The monoisotopic (exact) mass is 410 g/mol. The van der Waals surface area contributed by atoms with Crippen LogP contribution in [0.2, 0.25) is 0 Å². The quantitative estimate of drug-likeness (QED) is 0.451. The molecule has 1 N–H and O–H groups in total. The Bertz CT molecular complexity index is 1080. The van der Waals surface area contributed by atoms with Crippen LogP contribution < -0.4 is 14.3 Å². The zero-order chi connectivity index (χ0) is 20.7. The largest absolute Gasteiger partial charge is 0.493 e. The maximum Gasteiger partial charge on any atom is 0.276 e. The second-order valence-corrected chi connectivity index (χ2v) is 8.01. The van der Waals surface area contributed by atoms with Crippen molar-refractivity contribution in [2.24, 2.45) is 5.10 Å². The molecule has 6 nitrogen and oxygen atoms in total. The molecule has 0 saturated carbocycles. The Labute approximate surface area is 170 Å². The summed E-state index contributed by atoms with van der Waals surface area (Å²) in [7, 11) is -2.14. The van der Waals surface area contributed by atoms with E-state index in [1.165, 1.54) is 23.9 Å². The molecule has 3 rings (SSSR count). The minimum absolute atomic E-state index is 0.147. The summed E-state index contributed by atoms with van der Waals surface area (Å²) in [5.74, 6) is 1.13. The van der Waals surface area contributed by atoms with Crippen molar-refractivity contribution in [3.05, 3.63) is 89.5 Å². The van der Waals surface area contributed by atoms with Gasteiger partial charge in [-0.2, -0.15) is 13.5 Å². The molecular formula is C22H22N2O4S. The summed E-state index contributed by atoms with van der Waals surface area (Å²) in [6.07, 6.45) is 1.42. The summed E-state index contributed by atoms with van der Waals surface area (Å²) in [6, 6.07) is 21.4. The van der Waals surface area contributed by atoms with Crippen LogP contribution in [0.3, 0.4) is 0 Å². The van der Waals surface area contributed by atoms with E-state index in [0.29, 0.717) is 23.7 Å². The topological polar surface area (TPSA) is 77.0 Å². The summed E-state index contributed by atoms with van der Waals surface area (Å²) in [5.41, 5.74) is 2.88. The Hall–Kier alpha value is -3.32. The maximum absolute atomic E-state index is 12.2. The summed E-state index contributed by atoms with van der Waals surface area (Å²) in [5, 5.41) is 3.85. The zero-order valence-electron chi connectivity index (χ0n) is 16.2. The molecule has 0 bridgehead atoms. The highest BCUT2D eigenvalue weighted by molar-refractivity contribution is 7.89. The molecule has 0 fully saturated rings. The second kappa shape index (κ2) is 9.25. The third-order valence-electron chi connectivity index (χ3n) is 4.14. The molecule has 3 aromatic carbocycles. The first-order valence-corrected chi connectivity index (χ1v) is 10.4. The lowest BCUT2D eigenvalue weighted by Gasteiger charge is -2.11. The molecule has 29 heavy (non-hydrogen) atoms. The molecule has 0 saturated heterocycles. The van der Waals surface area contributed by atoms with Gasteiger partial charge >= 0.3 is 0 Å². The van der Waals surface area contributed by atoms with Crippen molar-refractivity contribution in [1.82, 2.24) is 4.83 Å². The molecule has 0 aromatic heterocycles. The lowest BCUT2D eigenvalue weighted by atomic mass is 10.1. The van der Waals surface area contributed by atoms with E-state index in [2.05, 4.69) is 9.93 Å². The number of rotatable bonds is 8. The Kier molecular flexibility index (Phi) is 6.51. The van der Waals surface area contributed by atoms with Gasteiger partial charge in [0.25, 0.3) is 10.0 Å². The van der Waals surface area contributed by atoms with E-state index in [4.69, 9.17) is 9.47 Å². The van der Waals surface area contributed by atoms with Gasteiger partial charge in [0.05, 0.1) is 18.2 Å². The number of ether oxygens (including phenoxy) is 2. The number of aryl methyl sites for hydroxylation is 1. The van der Waals surface area contributed by atoms with Crippen molar-refractivity contribution in [3.63, 3.8) is 0 Å². The molecule has 0 amide bonds. The summed E-state index contributed by atoms with van der Waals surface area (Å²) >= 11 is 0. The molecule has 0 atom stereocenters. The van der Waals surface area contributed by atoms with Gasteiger partial charge in [-0.3, -0.25) is 0 Å². The van der Waals surface area contributed by atoms with Crippen LogP contribution in [0.15, 0.2) is 82.8 Å². The van der Waals surface area contributed by atoms with Crippen LogP contribution in [-0.4, -0.2) is 21.7 Å². The number of sulfonamides is 1. The summed E-state index contributed by atoms with van der Waals surface area (Å²) in [6.45, 7) is 2.42. The summed E-state index contributed by atoms with van der Waals surface area (Å²) < 4.78 is 35.6. The number of nitrogens with one attached hydrogen (secondary N) is 1. The third kappa shape index (κ3) is 5.58. The Balaban J connectivity index is 1.70. The molecule has 0 aliphatic rings. The number of hydrogen-bond donors (Lipinski definition) is 1. The van der Waals surface area contributed by atoms with E-state index in [0.717, 1.165) is 5.56 Å². The van der Waals surface area contributed by atoms with E-state index in [9.17, 15) is 8.42 Å². The van der Waals surface area contributed by atoms with Crippen molar-refractivity contribution >= 4 is 16.2 Å². The average Bonchev–Trinajstić information content (AvgIpc) is 2.74. The van der Waals surface area contributed by atoms with Gasteiger partial charge in [-0.15, -0.1) is 0 Å². The SMILES string of the molecule is COc1ccc(/C=N/NS(=O)(=O)c2ccccc2)cc1OCc1ccc(C)cc1. The predicted molar refractivity (Wildman–Crippen MR) is 113 cm³/mol. The molecular weight excluding hydrogens is 388 g/mol. The van der Waals surface area contributed by atoms with Gasteiger partial charge in [0.2, 0.25) is 0 Å². The van der Waals surface area contributed by atoms with Crippen molar-refractivity contribution in [1.29, 1.82) is 0 Å². The van der Waals surface area contributed by atoms with Crippen LogP contribution in [-0.2, 0) is 16.6 Å². The van der Waals surface area contributed by atoms with Gasteiger partial charge in [0.1, 0.15) is 6.61 Å². The van der Waals surface area contributed by atoms with Crippen LogP contribution in [0.1, 0.15) is 16.7 Å². The lowest BCUT2D eigenvalue weighted by molar-refractivity contribution is 0.284. The lowest BCUT2D eigenvalue weighted by Crippen LogP contribution is -2.18. The van der Waals surface area contributed by atoms with Gasteiger partial charge < -0.3 is 9.47 Å². The number of nitrogens with zero attached hydrogens (tertiary/aromatic N) is 1. The minimum atomic E-state index is -3.71. The van der Waals surface area contributed by atoms with Crippen LogP contribution in [0.4, 0.5) is 0 Å². The highest BCUT2D eigenvalue weighted by Crippen LogP contribution is 2.28. The number of hydrazone groups is 1. The molecule has 0 aliphatic heterocycles. The maximum atomic E-state index is 12.2. The molecule has 0 heterocycles. The van der Waals surface area contributed by atoms with Gasteiger partial charge in [0, 0.05) is 0 Å². The van der Waals surface area contributed by atoms with Crippen LogP contribution in [0.5, 0.6) is 11.5 Å². The van der Waals surface area contributed by atoms with Gasteiger partial charge in [-0.05, 0) is 48.4 Å².